The van der Waals surface area contributed by atoms with Crippen LogP contribution in [0.4, 0.5) is 0 Å². The monoisotopic (exact) mass is 196 g/mol. The minimum absolute atomic E-state index is 0.000591. The fourth-order valence-electron chi connectivity index (χ4n) is 3.52. The number of likely N-dealkylation sites (tertiary alicyclic amines) is 1. The molecule has 0 bridgehead atoms. The zero-order chi connectivity index (χ0) is 9.54. The molecule has 3 nitrogen and oxygen atoms in total. The van der Waals surface area contributed by atoms with Crippen LogP contribution in [0.15, 0.2) is 0 Å². The average molecular weight is 196 g/mol. The first kappa shape index (κ1) is 9.13. The third-order valence-electron chi connectivity index (χ3n) is 4.40. The van der Waals surface area contributed by atoms with Gasteiger partial charge in [-0.15, -0.1) is 0 Å². The molecule has 0 aromatic rings. The second-order valence-corrected chi connectivity index (χ2v) is 5.17. The Morgan fingerprint density at radius 1 is 1.14 bits per heavy atom. The van der Waals surface area contributed by atoms with Crippen molar-refractivity contribution in [1.29, 1.82) is 0 Å². The quantitative estimate of drug-likeness (QED) is 0.622. The second kappa shape index (κ2) is 3.47. The highest BCUT2D eigenvalue weighted by atomic mass is 16.3. The van der Waals surface area contributed by atoms with Crippen LogP contribution in [0, 0.1) is 11.8 Å². The smallest absolute Gasteiger partial charge is 0.0583 e. The van der Waals surface area contributed by atoms with Gasteiger partial charge in [-0.05, 0) is 31.7 Å². The Kier molecular flexibility index (Phi) is 2.26. The Hall–Kier alpha value is -0.120. The van der Waals surface area contributed by atoms with E-state index in [0.717, 1.165) is 31.5 Å². The summed E-state index contributed by atoms with van der Waals surface area (Å²) in [6, 6.07) is 0.757. The van der Waals surface area contributed by atoms with Gasteiger partial charge in [0.1, 0.15) is 0 Å². The zero-order valence-electron chi connectivity index (χ0n) is 8.65. The third kappa shape index (κ3) is 1.38. The summed E-state index contributed by atoms with van der Waals surface area (Å²) in [5.41, 5.74) is 0. The largest absolute Gasteiger partial charge is 0.393 e. The van der Waals surface area contributed by atoms with Crippen LogP contribution in [0.1, 0.15) is 19.3 Å². The van der Waals surface area contributed by atoms with Gasteiger partial charge in [0.15, 0.2) is 0 Å². The van der Waals surface area contributed by atoms with Gasteiger partial charge in [0.05, 0.1) is 6.10 Å². The fraction of sp³-hybridized carbons (Fsp3) is 1.00. The summed E-state index contributed by atoms with van der Waals surface area (Å²) >= 11 is 0. The molecule has 2 heterocycles. The minimum atomic E-state index is -0.000591. The van der Waals surface area contributed by atoms with Crippen molar-refractivity contribution in [2.75, 3.05) is 26.2 Å². The number of aliphatic hydroxyl groups is 1. The van der Waals surface area contributed by atoms with Gasteiger partial charge in [0.2, 0.25) is 0 Å². The van der Waals surface area contributed by atoms with E-state index in [2.05, 4.69) is 10.2 Å². The fourth-order valence-corrected chi connectivity index (χ4v) is 3.52. The van der Waals surface area contributed by atoms with Crippen LogP contribution in [0.25, 0.3) is 0 Å². The third-order valence-corrected chi connectivity index (χ3v) is 4.40. The molecule has 0 aromatic heterocycles. The molecule has 3 heteroatoms. The lowest BCUT2D eigenvalue weighted by molar-refractivity contribution is 0.119. The predicted molar refractivity (Wildman–Crippen MR) is 55.1 cm³/mol. The van der Waals surface area contributed by atoms with E-state index in [1.165, 1.54) is 25.9 Å². The molecule has 4 atom stereocenters. The van der Waals surface area contributed by atoms with Crippen LogP contribution in [0.2, 0.25) is 0 Å². The Morgan fingerprint density at radius 3 is 2.79 bits per heavy atom. The van der Waals surface area contributed by atoms with Gasteiger partial charge in [-0.1, -0.05) is 0 Å². The molecule has 1 aliphatic carbocycles. The summed E-state index contributed by atoms with van der Waals surface area (Å²) in [7, 11) is 0. The average Bonchev–Trinajstić information content (AvgIpc) is 2.83. The van der Waals surface area contributed by atoms with Crippen LogP contribution in [0.5, 0.6) is 0 Å². The molecular formula is C11H20N2O. The molecule has 80 valence electrons. The van der Waals surface area contributed by atoms with Crippen molar-refractivity contribution in [3.8, 4) is 0 Å². The van der Waals surface area contributed by atoms with Crippen LogP contribution >= 0.6 is 0 Å². The molecule has 0 aromatic carbocycles. The highest BCUT2D eigenvalue weighted by Crippen LogP contribution is 2.39. The van der Waals surface area contributed by atoms with Crippen LogP contribution < -0.4 is 5.32 Å². The summed E-state index contributed by atoms with van der Waals surface area (Å²) in [6.45, 7) is 4.74. The minimum Gasteiger partial charge on any atom is -0.393 e. The number of hydrogen-bond donors (Lipinski definition) is 2. The lowest BCUT2D eigenvalue weighted by Gasteiger charge is -2.24. The molecule has 2 saturated heterocycles. The van der Waals surface area contributed by atoms with Gasteiger partial charge in [0, 0.05) is 31.6 Å². The molecule has 2 aliphatic heterocycles. The zero-order valence-corrected chi connectivity index (χ0v) is 8.65. The van der Waals surface area contributed by atoms with Crippen molar-refractivity contribution in [3.05, 3.63) is 0 Å². The molecule has 2 N–H and O–H groups in total. The predicted octanol–water partition coefficient (Wildman–Crippen LogP) is 0.0510. The molecule has 0 spiro atoms. The SMILES string of the molecule is OC1CCC2CN(C3CCNC3)CC12. The molecule has 3 rings (SSSR count). The van der Waals surface area contributed by atoms with Crippen LogP contribution in [0.3, 0.4) is 0 Å². The number of hydrogen-bond acceptors (Lipinski definition) is 3. The van der Waals surface area contributed by atoms with E-state index >= 15 is 0 Å². The summed E-state index contributed by atoms with van der Waals surface area (Å²) < 4.78 is 0. The molecular weight excluding hydrogens is 176 g/mol. The standard InChI is InChI=1S/C11H20N2O/c14-11-2-1-8-6-13(7-10(8)11)9-3-4-12-5-9/h8-12,14H,1-7H2. The molecule has 0 radical (unpaired) electrons. The number of nitrogens with zero attached hydrogens (tertiary/aromatic N) is 1. The topological polar surface area (TPSA) is 35.5 Å². The Labute approximate surface area is 85.5 Å². The maximum absolute atomic E-state index is 9.82. The van der Waals surface area contributed by atoms with E-state index in [1.54, 1.807) is 0 Å². The van der Waals surface area contributed by atoms with Gasteiger partial charge >= 0.3 is 0 Å². The number of fused-ring (bicyclic) bond motifs is 1. The Bertz CT molecular complexity index is 215. The molecule has 3 fully saturated rings. The summed E-state index contributed by atoms with van der Waals surface area (Å²) in [5, 5.41) is 13.2. The van der Waals surface area contributed by atoms with Gasteiger partial charge in [-0.25, -0.2) is 0 Å². The van der Waals surface area contributed by atoms with Crippen molar-refractivity contribution < 1.29 is 5.11 Å². The van der Waals surface area contributed by atoms with Crippen molar-refractivity contribution in [2.45, 2.75) is 31.4 Å². The van der Waals surface area contributed by atoms with Gasteiger partial charge < -0.3 is 10.4 Å². The van der Waals surface area contributed by atoms with Gasteiger partial charge in [-0.3, -0.25) is 4.90 Å². The van der Waals surface area contributed by atoms with Crippen LogP contribution in [-0.2, 0) is 0 Å². The van der Waals surface area contributed by atoms with E-state index in [9.17, 15) is 5.11 Å². The lowest BCUT2D eigenvalue weighted by Crippen LogP contribution is -2.36. The van der Waals surface area contributed by atoms with E-state index in [0.29, 0.717) is 5.92 Å². The first-order chi connectivity index (χ1) is 6.84. The number of rotatable bonds is 1. The highest BCUT2D eigenvalue weighted by Gasteiger charge is 2.43. The maximum Gasteiger partial charge on any atom is 0.0583 e. The van der Waals surface area contributed by atoms with Crippen molar-refractivity contribution in [2.24, 2.45) is 11.8 Å². The second-order valence-electron chi connectivity index (χ2n) is 5.17. The molecule has 4 unspecified atom stereocenters. The highest BCUT2D eigenvalue weighted by molar-refractivity contribution is 4.96. The maximum atomic E-state index is 9.82. The van der Waals surface area contributed by atoms with E-state index in [1.807, 2.05) is 0 Å². The molecule has 14 heavy (non-hydrogen) atoms. The summed E-state index contributed by atoms with van der Waals surface area (Å²) in [5.74, 6) is 1.39. The van der Waals surface area contributed by atoms with E-state index in [4.69, 9.17) is 0 Å². The summed E-state index contributed by atoms with van der Waals surface area (Å²) in [4.78, 5) is 2.61. The molecule has 0 amide bonds. The van der Waals surface area contributed by atoms with Gasteiger partial charge in [-0.2, -0.15) is 0 Å². The lowest BCUT2D eigenvalue weighted by atomic mass is 10.00. The number of aliphatic hydroxyl groups excluding tert-OH is 1. The van der Waals surface area contributed by atoms with Gasteiger partial charge in [0.25, 0.3) is 0 Å². The van der Waals surface area contributed by atoms with Crippen LogP contribution in [-0.4, -0.2) is 48.3 Å². The van der Waals surface area contributed by atoms with Crippen molar-refractivity contribution in [1.82, 2.24) is 10.2 Å². The van der Waals surface area contributed by atoms with Crippen molar-refractivity contribution >= 4 is 0 Å². The first-order valence-electron chi connectivity index (χ1n) is 5.97. The molecule has 3 aliphatic rings. The Morgan fingerprint density at radius 2 is 2.07 bits per heavy atom. The van der Waals surface area contributed by atoms with Crippen molar-refractivity contribution in [3.63, 3.8) is 0 Å². The normalized spacial score (nSPS) is 48.6. The Balaban J connectivity index is 1.64. The summed E-state index contributed by atoms with van der Waals surface area (Å²) in [6.07, 6.45) is 3.60. The first-order valence-corrected chi connectivity index (χ1v) is 5.97. The van der Waals surface area contributed by atoms with E-state index < -0.39 is 0 Å². The number of nitrogens with one attached hydrogen (secondary N) is 1. The molecule has 1 saturated carbocycles. The van der Waals surface area contributed by atoms with E-state index in [-0.39, 0.29) is 6.10 Å².